The molecule has 126 valence electrons. The number of aryl methyl sites for hydroxylation is 2. The Bertz CT molecular complexity index is 778. The van der Waals surface area contributed by atoms with Gasteiger partial charge in [-0.05, 0) is 38.1 Å². The molecule has 24 heavy (non-hydrogen) atoms. The van der Waals surface area contributed by atoms with Crippen LogP contribution in [0, 0.1) is 13.8 Å². The lowest BCUT2D eigenvalue weighted by Gasteiger charge is -2.39. The number of nitrogens with zero attached hydrogens (tertiary/aromatic N) is 3. The van der Waals surface area contributed by atoms with Crippen LogP contribution in [0.1, 0.15) is 27.8 Å². The van der Waals surface area contributed by atoms with Gasteiger partial charge in [0.1, 0.15) is 6.54 Å². The van der Waals surface area contributed by atoms with Crippen molar-refractivity contribution in [2.75, 3.05) is 25.0 Å². The summed E-state index contributed by atoms with van der Waals surface area (Å²) in [5.41, 5.74) is 3.26. The number of benzene rings is 1. The number of hydrogen-bond acceptors (Lipinski definition) is 4. The molecule has 1 aliphatic heterocycles. The lowest BCUT2D eigenvalue weighted by Crippen LogP contribution is -2.51. The highest BCUT2D eigenvalue weighted by atomic mass is 16.4. The Morgan fingerprint density at radius 1 is 1.29 bits per heavy atom. The van der Waals surface area contributed by atoms with Crippen molar-refractivity contribution in [2.24, 2.45) is 0 Å². The third kappa shape index (κ3) is 3.24. The summed E-state index contributed by atoms with van der Waals surface area (Å²) in [6, 6.07) is 9.16. The maximum absolute atomic E-state index is 12.5. The third-order valence-electron chi connectivity index (χ3n) is 4.09. The fourth-order valence-corrected chi connectivity index (χ4v) is 2.91. The van der Waals surface area contributed by atoms with E-state index < -0.39 is 5.97 Å². The van der Waals surface area contributed by atoms with E-state index in [1.807, 2.05) is 24.6 Å². The van der Waals surface area contributed by atoms with Gasteiger partial charge in [0.15, 0.2) is 0 Å². The van der Waals surface area contributed by atoms with Crippen molar-refractivity contribution in [3.05, 3.63) is 47.3 Å². The number of amides is 1. The summed E-state index contributed by atoms with van der Waals surface area (Å²) >= 11 is 0. The van der Waals surface area contributed by atoms with Crippen LogP contribution in [0.4, 0.5) is 5.69 Å². The highest BCUT2D eigenvalue weighted by molar-refractivity contribution is 5.95. The van der Waals surface area contributed by atoms with Crippen molar-refractivity contribution >= 4 is 17.6 Å². The van der Waals surface area contributed by atoms with E-state index in [9.17, 15) is 9.59 Å². The molecule has 0 saturated carbocycles. The molecule has 2 aromatic rings. The average Bonchev–Trinajstić information content (AvgIpc) is 2.82. The Labute approximate surface area is 139 Å². The predicted octanol–water partition coefficient (Wildman–Crippen LogP) is 1.69. The monoisotopic (exact) mass is 328 g/mol. The van der Waals surface area contributed by atoms with Gasteiger partial charge in [0, 0.05) is 30.0 Å². The molecule has 1 fully saturated rings. The molecule has 1 aliphatic rings. The number of hydrogen-bond donors (Lipinski definition) is 2. The van der Waals surface area contributed by atoms with Crippen molar-refractivity contribution in [3.8, 4) is 0 Å². The first-order valence-electron chi connectivity index (χ1n) is 7.82. The number of rotatable bonds is 5. The fourth-order valence-electron chi connectivity index (χ4n) is 2.91. The topological polar surface area (TPSA) is 87.5 Å². The first kappa shape index (κ1) is 16.0. The number of carbonyl (C=O) groups excluding carboxylic acids is 1. The number of carboxylic acid groups (broad SMARTS) is 1. The van der Waals surface area contributed by atoms with Gasteiger partial charge in [0.25, 0.3) is 5.91 Å². The van der Waals surface area contributed by atoms with Crippen molar-refractivity contribution in [2.45, 2.75) is 19.9 Å². The summed E-state index contributed by atoms with van der Waals surface area (Å²) < 4.78 is 1.98. The molecular weight excluding hydrogens is 308 g/mol. The highest BCUT2D eigenvalue weighted by Crippen LogP contribution is 2.25. The molecule has 0 bridgehead atoms. The largest absolute Gasteiger partial charge is 0.480 e. The first-order chi connectivity index (χ1) is 11.4. The van der Waals surface area contributed by atoms with Crippen molar-refractivity contribution in [1.82, 2.24) is 14.7 Å². The molecule has 7 nitrogen and oxygen atoms in total. The minimum absolute atomic E-state index is 0.0493. The van der Waals surface area contributed by atoms with Crippen LogP contribution in [0.25, 0.3) is 0 Å². The van der Waals surface area contributed by atoms with Crippen LogP contribution in [-0.2, 0) is 4.79 Å². The van der Waals surface area contributed by atoms with E-state index in [1.54, 1.807) is 29.2 Å². The van der Waals surface area contributed by atoms with Crippen LogP contribution < -0.4 is 5.32 Å². The van der Waals surface area contributed by atoms with E-state index in [4.69, 9.17) is 5.11 Å². The molecule has 1 aromatic carbocycles. The number of aromatic nitrogens is 2. The predicted molar refractivity (Wildman–Crippen MR) is 89.2 cm³/mol. The second-order valence-corrected chi connectivity index (χ2v) is 6.06. The number of nitrogens with one attached hydrogen (secondary N) is 1. The molecule has 1 aromatic heterocycles. The lowest BCUT2D eigenvalue weighted by molar-refractivity contribution is -0.134. The maximum atomic E-state index is 12.5. The molecule has 0 unspecified atom stereocenters. The molecule has 7 heteroatoms. The van der Waals surface area contributed by atoms with E-state index in [2.05, 4.69) is 10.4 Å². The van der Waals surface area contributed by atoms with Gasteiger partial charge < -0.3 is 15.3 Å². The fraction of sp³-hybridized carbons (Fsp3) is 0.353. The summed E-state index contributed by atoms with van der Waals surface area (Å²) in [5.74, 6) is -0.992. The van der Waals surface area contributed by atoms with Gasteiger partial charge in [-0.2, -0.15) is 5.10 Å². The summed E-state index contributed by atoms with van der Waals surface area (Å²) in [6.45, 7) is 5.06. The summed E-state index contributed by atoms with van der Waals surface area (Å²) in [4.78, 5) is 24.9. The number of carbonyl (C=O) groups is 2. The second-order valence-electron chi connectivity index (χ2n) is 6.06. The molecule has 0 spiro atoms. The maximum Gasteiger partial charge on any atom is 0.322 e. The van der Waals surface area contributed by atoms with E-state index in [0.29, 0.717) is 24.3 Å². The van der Waals surface area contributed by atoms with Crippen LogP contribution in [-0.4, -0.2) is 51.3 Å². The lowest BCUT2D eigenvalue weighted by atomic mass is 10.1. The Morgan fingerprint density at radius 2 is 2.04 bits per heavy atom. The normalized spacial score (nSPS) is 14.3. The van der Waals surface area contributed by atoms with Gasteiger partial charge in [-0.25, -0.2) is 0 Å². The van der Waals surface area contributed by atoms with Gasteiger partial charge in [0.2, 0.25) is 0 Å². The van der Waals surface area contributed by atoms with Gasteiger partial charge in [-0.15, -0.1) is 0 Å². The van der Waals surface area contributed by atoms with Gasteiger partial charge >= 0.3 is 5.97 Å². The highest BCUT2D eigenvalue weighted by Gasteiger charge is 2.33. The van der Waals surface area contributed by atoms with Crippen LogP contribution >= 0.6 is 0 Å². The minimum atomic E-state index is -0.942. The number of anilines is 1. The van der Waals surface area contributed by atoms with E-state index in [-0.39, 0.29) is 18.5 Å². The standard InChI is InChI=1S/C17H20N4O3/c1-11-6-12(2)21(19-11)15-9-20(10-15)17(24)13-4-3-5-14(7-13)18-8-16(22)23/h3-7,15,18H,8-10H2,1-2H3,(H,22,23). The minimum Gasteiger partial charge on any atom is -0.480 e. The van der Waals surface area contributed by atoms with E-state index >= 15 is 0 Å². The van der Waals surface area contributed by atoms with Crippen molar-refractivity contribution < 1.29 is 14.7 Å². The van der Waals surface area contributed by atoms with E-state index in [0.717, 1.165) is 11.4 Å². The van der Waals surface area contributed by atoms with Crippen molar-refractivity contribution in [1.29, 1.82) is 0 Å². The van der Waals surface area contributed by atoms with Crippen molar-refractivity contribution in [3.63, 3.8) is 0 Å². The number of aliphatic carboxylic acids is 1. The third-order valence-corrected chi connectivity index (χ3v) is 4.09. The van der Waals surface area contributed by atoms with Crippen LogP contribution in [0.3, 0.4) is 0 Å². The molecule has 0 radical (unpaired) electrons. The zero-order valence-electron chi connectivity index (χ0n) is 13.7. The summed E-state index contributed by atoms with van der Waals surface area (Å²) in [6.07, 6.45) is 0. The molecule has 2 heterocycles. The molecule has 1 amide bonds. The number of carboxylic acids is 1. The Hall–Kier alpha value is -2.83. The smallest absolute Gasteiger partial charge is 0.322 e. The molecule has 1 saturated heterocycles. The molecule has 2 N–H and O–H groups in total. The SMILES string of the molecule is Cc1cc(C)n(C2CN(C(=O)c3cccc(NCC(=O)O)c3)C2)n1. The molecule has 0 atom stereocenters. The van der Waals surface area contributed by atoms with Crippen LogP contribution in [0.2, 0.25) is 0 Å². The molecular formula is C17H20N4O3. The van der Waals surface area contributed by atoms with Gasteiger partial charge in [-0.1, -0.05) is 6.07 Å². The summed E-state index contributed by atoms with van der Waals surface area (Å²) in [5, 5.41) is 15.9. The molecule has 0 aliphatic carbocycles. The summed E-state index contributed by atoms with van der Waals surface area (Å²) in [7, 11) is 0. The zero-order chi connectivity index (χ0) is 17.3. The second kappa shape index (κ2) is 6.35. The zero-order valence-corrected chi connectivity index (χ0v) is 13.7. The quantitative estimate of drug-likeness (QED) is 0.872. The van der Waals surface area contributed by atoms with Gasteiger partial charge in [0.05, 0.1) is 11.7 Å². The average molecular weight is 328 g/mol. The van der Waals surface area contributed by atoms with Crippen LogP contribution in [0.15, 0.2) is 30.3 Å². The van der Waals surface area contributed by atoms with Gasteiger partial charge in [-0.3, -0.25) is 14.3 Å². The Morgan fingerprint density at radius 3 is 2.67 bits per heavy atom. The van der Waals surface area contributed by atoms with E-state index in [1.165, 1.54) is 0 Å². The van der Waals surface area contributed by atoms with Crippen LogP contribution in [0.5, 0.6) is 0 Å². The Balaban J connectivity index is 1.63. The Kier molecular flexibility index (Phi) is 4.24. The number of likely N-dealkylation sites (tertiary alicyclic amines) is 1. The first-order valence-corrected chi connectivity index (χ1v) is 7.82. The molecule has 3 rings (SSSR count).